The van der Waals surface area contributed by atoms with E-state index in [2.05, 4.69) is 15.0 Å². The number of hydrogen-bond donors (Lipinski definition) is 2. The van der Waals surface area contributed by atoms with Crippen molar-refractivity contribution in [2.24, 2.45) is 0 Å². The van der Waals surface area contributed by atoms with Crippen LogP contribution in [-0.4, -0.2) is 41.6 Å². The van der Waals surface area contributed by atoms with Crippen LogP contribution >= 0.6 is 11.5 Å². The zero-order chi connectivity index (χ0) is 15.8. The van der Waals surface area contributed by atoms with Gasteiger partial charge in [-0.15, -0.1) is 0 Å². The molecule has 7 nitrogen and oxygen atoms in total. The number of nitrogens with one attached hydrogen (secondary N) is 2. The number of fused-ring (bicyclic) bond motifs is 1. The molecule has 0 saturated heterocycles. The van der Waals surface area contributed by atoms with Gasteiger partial charge in [0.25, 0.3) is 5.91 Å². The Balaban J connectivity index is 2.11. The van der Waals surface area contributed by atoms with Crippen LogP contribution in [0.1, 0.15) is 26.5 Å². The van der Waals surface area contributed by atoms with Crippen molar-refractivity contribution in [3.05, 3.63) is 5.69 Å². The van der Waals surface area contributed by atoms with Gasteiger partial charge in [0.05, 0.1) is 5.69 Å². The Bertz CT molecular complexity index is 564. The molecule has 0 saturated carbocycles. The highest BCUT2D eigenvalue weighted by Crippen LogP contribution is 2.34. The van der Waals surface area contributed by atoms with E-state index in [1.165, 1.54) is 16.4 Å². The molecule has 1 aliphatic heterocycles. The van der Waals surface area contributed by atoms with Gasteiger partial charge in [-0.1, -0.05) is 0 Å². The van der Waals surface area contributed by atoms with Crippen LogP contribution in [0.3, 0.4) is 0 Å². The van der Waals surface area contributed by atoms with E-state index in [1.807, 2.05) is 6.92 Å². The smallest absolute Gasteiger partial charge is 0.408 e. The van der Waals surface area contributed by atoms with E-state index in [9.17, 15) is 9.59 Å². The molecular formula is C13H20N4O3S. The second kappa shape index (κ2) is 5.51. The summed E-state index contributed by atoms with van der Waals surface area (Å²) in [6, 6.07) is -0.677. The zero-order valence-corrected chi connectivity index (χ0v) is 13.6. The van der Waals surface area contributed by atoms with E-state index in [-0.39, 0.29) is 5.91 Å². The third kappa shape index (κ3) is 3.44. The van der Waals surface area contributed by atoms with E-state index in [1.54, 1.807) is 27.8 Å². The third-order valence-electron chi connectivity index (χ3n) is 2.95. The number of aryl methyl sites for hydroxylation is 1. The van der Waals surface area contributed by atoms with Gasteiger partial charge in [-0.2, -0.15) is 4.37 Å². The average molecular weight is 312 g/mol. The first kappa shape index (κ1) is 15.6. The minimum absolute atomic E-state index is 0.199. The standard InChI is InChI=1S/C13H20N4O3S/c1-7-9-10(21-16-7)14-6-8(11(18)17(9)5)15-12(19)20-13(2,3)4/h8,14H,6H2,1-5H3,(H,15,19)/t8-/m0/s1. The molecule has 1 aliphatic rings. The Hall–Kier alpha value is -1.83. The third-order valence-corrected chi connectivity index (χ3v) is 3.84. The molecule has 2 N–H and O–H groups in total. The summed E-state index contributed by atoms with van der Waals surface area (Å²) >= 11 is 1.30. The molecule has 1 aromatic rings. The van der Waals surface area contributed by atoms with Crippen LogP contribution in [0.25, 0.3) is 0 Å². The topological polar surface area (TPSA) is 83.6 Å². The number of alkyl carbamates (subject to hydrolysis) is 1. The molecule has 8 heteroatoms. The summed E-state index contributed by atoms with van der Waals surface area (Å²) in [5.41, 5.74) is 0.950. The van der Waals surface area contributed by atoms with Gasteiger partial charge >= 0.3 is 6.09 Å². The molecule has 1 atom stereocenters. The van der Waals surface area contributed by atoms with Crippen molar-refractivity contribution >= 4 is 34.2 Å². The molecule has 0 unspecified atom stereocenters. The van der Waals surface area contributed by atoms with Crippen LogP contribution in [0, 0.1) is 6.92 Å². The van der Waals surface area contributed by atoms with Crippen LogP contribution in [0.15, 0.2) is 0 Å². The Labute approximate surface area is 127 Å². The van der Waals surface area contributed by atoms with E-state index in [4.69, 9.17) is 4.74 Å². The highest BCUT2D eigenvalue weighted by atomic mass is 32.1. The first-order chi connectivity index (χ1) is 9.69. The minimum Gasteiger partial charge on any atom is -0.444 e. The van der Waals surface area contributed by atoms with Gasteiger partial charge < -0.3 is 20.3 Å². The van der Waals surface area contributed by atoms with Crippen LogP contribution < -0.4 is 15.5 Å². The monoisotopic (exact) mass is 312 g/mol. The Kier molecular flexibility index (Phi) is 4.08. The van der Waals surface area contributed by atoms with Crippen molar-refractivity contribution in [1.82, 2.24) is 9.69 Å². The van der Waals surface area contributed by atoms with E-state index >= 15 is 0 Å². The van der Waals surface area contributed by atoms with Gasteiger partial charge in [0.1, 0.15) is 22.3 Å². The largest absolute Gasteiger partial charge is 0.444 e. The summed E-state index contributed by atoms with van der Waals surface area (Å²) in [6.45, 7) is 7.48. The van der Waals surface area contributed by atoms with E-state index in [0.29, 0.717) is 6.54 Å². The summed E-state index contributed by atoms with van der Waals surface area (Å²) in [4.78, 5) is 25.8. The highest BCUT2D eigenvalue weighted by Gasteiger charge is 2.32. The molecule has 0 bridgehead atoms. The number of likely N-dealkylation sites (N-methyl/N-ethyl adjacent to an activating group) is 1. The molecule has 2 amide bonds. The summed E-state index contributed by atoms with van der Waals surface area (Å²) in [7, 11) is 1.68. The predicted octanol–water partition coefficient (Wildman–Crippen LogP) is 1.73. The van der Waals surface area contributed by atoms with Crippen molar-refractivity contribution in [1.29, 1.82) is 0 Å². The Morgan fingerprint density at radius 3 is 2.81 bits per heavy atom. The van der Waals surface area contributed by atoms with Crippen molar-refractivity contribution < 1.29 is 14.3 Å². The van der Waals surface area contributed by atoms with Gasteiger partial charge in [-0.05, 0) is 39.2 Å². The number of rotatable bonds is 1. The van der Waals surface area contributed by atoms with Gasteiger partial charge in [0.15, 0.2) is 0 Å². The molecule has 0 fully saturated rings. The molecular weight excluding hydrogens is 292 g/mol. The second-order valence-electron chi connectivity index (χ2n) is 5.92. The lowest BCUT2D eigenvalue weighted by Crippen LogP contribution is -2.50. The maximum Gasteiger partial charge on any atom is 0.408 e. The number of anilines is 2. The number of amides is 2. The first-order valence-electron chi connectivity index (χ1n) is 6.66. The van der Waals surface area contributed by atoms with Crippen molar-refractivity contribution in [2.45, 2.75) is 39.3 Å². The second-order valence-corrected chi connectivity index (χ2v) is 6.70. The maximum absolute atomic E-state index is 12.5. The molecule has 1 aromatic heterocycles. The number of carbonyl (C=O) groups excluding carboxylic acids is 2. The lowest BCUT2D eigenvalue weighted by Gasteiger charge is -2.24. The predicted molar refractivity (Wildman–Crippen MR) is 81.9 cm³/mol. The van der Waals surface area contributed by atoms with Crippen molar-refractivity contribution in [2.75, 3.05) is 23.8 Å². The lowest BCUT2D eigenvalue weighted by atomic mass is 10.2. The minimum atomic E-state index is -0.677. The molecule has 0 aliphatic carbocycles. The molecule has 0 radical (unpaired) electrons. The Morgan fingerprint density at radius 1 is 1.52 bits per heavy atom. The van der Waals surface area contributed by atoms with Gasteiger partial charge in [0.2, 0.25) is 0 Å². The van der Waals surface area contributed by atoms with Crippen LogP contribution in [0.4, 0.5) is 15.5 Å². The van der Waals surface area contributed by atoms with Crippen molar-refractivity contribution in [3.63, 3.8) is 0 Å². The van der Waals surface area contributed by atoms with Crippen LogP contribution in [0.5, 0.6) is 0 Å². The number of ether oxygens (including phenoxy) is 1. The highest BCUT2D eigenvalue weighted by molar-refractivity contribution is 7.11. The molecule has 0 aromatic carbocycles. The fourth-order valence-corrected chi connectivity index (χ4v) is 2.90. The maximum atomic E-state index is 12.5. The molecule has 116 valence electrons. The summed E-state index contributed by atoms with van der Waals surface area (Å²) in [6.07, 6.45) is -0.601. The summed E-state index contributed by atoms with van der Waals surface area (Å²) in [5, 5.41) is 6.59. The molecule has 2 rings (SSSR count). The van der Waals surface area contributed by atoms with Crippen LogP contribution in [-0.2, 0) is 9.53 Å². The number of aromatic nitrogens is 1. The summed E-state index contributed by atoms with van der Waals surface area (Å²) in [5.74, 6) is -0.199. The van der Waals surface area contributed by atoms with Gasteiger partial charge in [-0.25, -0.2) is 4.79 Å². The SMILES string of the molecule is Cc1nsc2c1N(C)C(=O)[C@@H](NC(=O)OC(C)(C)C)CN2. The average Bonchev–Trinajstić information content (AvgIpc) is 2.66. The molecule has 0 spiro atoms. The molecule has 2 heterocycles. The van der Waals surface area contributed by atoms with Crippen LogP contribution in [0.2, 0.25) is 0 Å². The van der Waals surface area contributed by atoms with Gasteiger partial charge in [-0.3, -0.25) is 4.79 Å². The zero-order valence-electron chi connectivity index (χ0n) is 12.8. The number of carbonyl (C=O) groups is 2. The lowest BCUT2D eigenvalue weighted by molar-refractivity contribution is -0.120. The quantitative estimate of drug-likeness (QED) is 0.825. The van der Waals surface area contributed by atoms with Crippen molar-refractivity contribution in [3.8, 4) is 0 Å². The molecule has 21 heavy (non-hydrogen) atoms. The normalized spacial score (nSPS) is 18.6. The summed E-state index contributed by atoms with van der Waals surface area (Å²) < 4.78 is 9.42. The Morgan fingerprint density at radius 2 is 2.19 bits per heavy atom. The van der Waals surface area contributed by atoms with E-state index < -0.39 is 17.7 Å². The fraction of sp³-hybridized carbons (Fsp3) is 0.615. The van der Waals surface area contributed by atoms with Gasteiger partial charge in [0, 0.05) is 13.6 Å². The number of hydrogen-bond acceptors (Lipinski definition) is 6. The first-order valence-corrected chi connectivity index (χ1v) is 7.43. The number of nitrogens with zero attached hydrogens (tertiary/aromatic N) is 2. The van der Waals surface area contributed by atoms with E-state index in [0.717, 1.165) is 16.4 Å². The fourth-order valence-electron chi connectivity index (χ4n) is 2.06.